The quantitative estimate of drug-likeness (QED) is 0.678. The third-order valence-corrected chi connectivity index (χ3v) is 4.87. The number of amides is 2. The largest absolute Gasteiger partial charge is 0.445 e. The van der Waals surface area contributed by atoms with Crippen molar-refractivity contribution in [1.82, 2.24) is 25.1 Å². The van der Waals surface area contributed by atoms with E-state index in [1.807, 2.05) is 30.3 Å². The standard InChI is InChI=1S/C25H31N5O4/c1-25(2,3)34-23(31)28-18-22-26-16-21(17-27-22)10-7-11-29-12-14-30(15-13-29)24(32)33-19-20-8-5-4-6-9-20/h4-6,8-9,16-17H,11-15,18-19H2,1-3H3,(H,28,31). The van der Waals surface area contributed by atoms with E-state index in [0.717, 1.165) is 18.7 Å². The summed E-state index contributed by atoms with van der Waals surface area (Å²) in [5.74, 6) is 6.66. The summed E-state index contributed by atoms with van der Waals surface area (Å²) in [6.07, 6.45) is 2.47. The van der Waals surface area contributed by atoms with Gasteiger partial charge in [-0.3, -0.25) is 4.90 Å². The van der Waals surface area contributed by atoms with E-state index in [1.54, 1.807) is 38.1 Å². The second-order valence-corrected chi connectivity index (χ2v) is 8.85. The summed E-state index contributed by atoms with van der Waals surface area (Å²) in [6, 6.07) is 9.65. The van der Waals surface area contributed by atoms with Gasteiger partial charge in [-0.05, 0) is 26.3 Å². The number of aromatic nitrogens is 2. The molecule has 1 N–H and O–H groups in total. The molecule has 0 bridgehead atoms. The van der Waals surface area contributed by atoms with Crippen molar-refractivity contribution >= 4 is 12.2 Å². The monoisotopic (exact) mass is 465 g/mol. The van der Waals surface area contributed by atoms with Gasteiger partial charge in [0.15, 0.2) is 0 Å². The van der Waals surface area contributed by atoms with Crippen LogP contribution < -0.4 is 5.32 Å². The van der Waals surface area contributed by atoms with Crippen LogP contribution in [0.15, 0.2) is 42.7 Å². The van der Waals surface area contributed by atoms with Gasteiger partial charge < -0.3 is 19.7 Å². The fraction of sp³-hybridized carbons (Fsp3) is 0.440. The maximum absolute atomic E-state index is 12.3. The van der Waals surface area contributed by atoms with E-state index in [4.69, 9.17) is 9.47 Å². The molecule has 0 radical (unpaired) electrons. The Balaban J connectivity index is 1.36. The molecule has 2 amide bonds. The number of rotatable bonds is 5. The van der Waals surface area contributed by atoms with Crippen LogP contribution in [0.2, 0.25) is 0 Å². The maximum atomic E-state index is 12.3. The molecular weight excluding hydrogens is 434 g/mol. The minimum Gasteiger partial charge on any atom is -0.445 e. The summed E-state index contributed by atoms with van der Waals surface area (Å²) in [5.41, 5.74) is 1.12. The minimum atomic E-state index is -0.553. The summed E-state index contributed by atoms with van der Waals surface area (Å²) in [5, 5.41) is 2.62. The summed E-state index contributed by atoms with van der Waals surface area (Å²) in [4.78, 5) is 36.3. The normalized spacial score (nSPS) is 14.0. The Bertz CT molecular complexity index is 1000. The first-order valence-electron chi connectivity index (χ1n) is 11.2. The van der Waals surface area contributed by atoms with Crippen LogP contribution in [0, 0.1) is 11.8 Å². The first kappa shape index (κ1) is 25.0. The fourth-order valence-corrected chi connectivity index (χ4v) is 3.13. The number of hydrogen-bond donors (Lipinski definition) is 1. The van der Waals surface area contributed by atoms with Crippen molar-refractivity contribution in [1.29, 1.82) is 0 Å². The van der Waals surface area contributed by atoms with Crippen molar-refractivity contribution in [2.45, 2.75) is 39.5 Å². The molecule has 1 aromatic heterocycles. The Labute approximate surface area is 200 Å². The van der Waals surface area contributed by atoms with Gasteiger partial charge in [-0.1, -0.05) is 42.2 Å². The molecule has 0 aliphatic carbocycles. The molecule has 1 aromatic carbocycles. The van der Waals surface area contributed by atoms with Gasteiger partial charge >= 0.3 is 12.2 Å². The molecule has 1 aliphatic rings. The zero-order valence-corrected chi connectivity index (χ0v) is 19.9. The van der Waals surface area contributed by atoms with E-state index in [1.165, 1.54) is 0 Å². The van der Waals surface area contributed by atoms with Crippen molar-refractivity contribution in [3.63, 3.8) is 0 Å². The minimum absolute atomic E-state index is 0.181. The van der Waals surface area contributed by atoms with Crippen LogP contribution in [0.3, 0.4) is 0 Å². The number of hydrogen-bond acceptors (Lipinski definition) is 7. The molecule has 180 valence electrons. The van der Waals surface area contributed by atoms with E-state index in [-0.39, 0.29) is 19.2 Å². The van der Waals surface area contributed by atoms with Crippen molar-refractivity contribution in [2.75, 3.05) is 32.7 Å². The molecule has 3 rings (SSSR count). The molecule has 2 heterocycles. The van der Waals surface area contributed by atoms with Crippen molar-refractivity contribution in [2.24, 2.45) is 0 Å². The molecule has 9 nitrogen and oxygen atoms in total. The lowest BCUT2D eigenvalue weighted by Crippen LogP contribution is -2.48. The predicted molar refractivity (Wildman–Crippen MR) is 127 cm³/mol. The average molecular weight is 466 g/mol. The number of carbonyl (C=O) groups excluding carboxylic acids is 2. The Morgan fingerprint density at radius 1 is 1.06 bits per heavy atom. The summed E-state index contributed by atoms with van der Waals surface area (Å²) < 4.78 is 10.6. The van der Waals surface area contributed by atoms with Crippen molar-refractivity contribution < 1.29 is 19.1 Å². The SMILES string of the molecule is CC(C)(C)OC(=O)NCc1ncc(C#CCN2CCN(C(=O)OCc3ccccc3)CC2)cn1. The van der Waals surface area contributed by atoms with Crippen LogP contribution in [0.25, 0.3) is 0 Å². The highest BCUT2D eigenvalue weighted by Crippen LogP contribution is 2.08. The lowest BCUT2D eigenvalue weighted by molar-refractivity contribution is 0.0522. The molecule has 1 aliphatic heterocycles. The van der Waals surface area contributed by atoms with Crippen LogP contribution in [0.1, 0.15) is 37.7 Å². The van der Waals surface area contributed by atoms with E-state index in [2.05, 4.69) is 32.0 Å². The van der Waals surface area contributed by atoms with Crippen molar-refractivity contribution in [3.05, 3.63) is 59.7 Å². The zero-order valence-electron chi connectivity index (χ0n) is 19.9. The highest BCUT2D eigenvalue weighted by molar-refractivity contribution is 5.68. The van der Waals surface area contributed by atoms with Gasteiger partial charge in [0.25, 0.3) is 0 Å². The molecule has 1 saturated heterocycles. The fourth-order valence-electron chi connectivity index (χ4n) is 3.13. The number of piperazine rings is 1. The Morgan fingerprint density at radius 2 is 1.74 bits per heavy atom. The van der Waals surface area contributed by atoms with E-state index < -0.39 is 11.7 Å². The summed E-state index contributed by atoms with van der Waals surface area (Å²) in [6.45, 7) is 9.16. The third-order valence-electron chi connectivity index (χ3n) is 4.87. The van der Waals surface area contributed by atoms with Gasteiger partial charge in [-0.25, -0.2) is 19.6 Å². The second kappa shape index (κ2) is 12.0. The van der Waals surface area contributed by atoms with Crippen LogP contribution in [0.5, 0.6) is 0 Å². The molecule has 1 fully saturated rings. The molecule has 9 heteroatoms. The number of alkyl carbamates (subject to hydrolysis) is 1. The first-order valence-corrected chi connectivity index (χ1v) is 11.2. The highest BCUT2D eigenvalue weighted by Gasteiger charge is 2.21. The topological polar surface area (TPSA) is 96.9 Å². The van der Waals surface area contributed by atoms with Crippen LogP contribution in [-0.4, -0.2) is 70.3 Å². The van der Waals surface area contributed by atoms with E-state index in [0.29, 0.717) is 31.0 Å². The predicted octanol–water partition coefficient (Wildman–Crippen LogP) is 2.81. The molecule has 0 atom stereocenters. The maximum Gasteiger partial charge on any atom is 0.410 e. The smallest absolute Gasteiger partial charge is 0.410 e. The van der Waals surface area contributed by atoms with Gasteiger partial charge in [0.1, 0.15) is 18.0 Å². The average Bonchev–Trinajstić information content (AvgIpc) is 2.82. The third kappa shape index (κ3) is 8.71. The molecule has 0 spiro atoms. The molecule has 0 unspecified atom stereocenters. The van der Waals surface area contributed by atoms with Gasteiger partial charge in [-0.15, -0.1) is 0 Å². The van der Waals surface area contributed by atoms with Crippen LogP contribution in [0.4, 0.5) is 9.59 Å². The van der Waals surface area contributed by atoms with E-state index in [9.17, 15) is 9.59 Å². The lowest BCUT2D eigenvalue weighted by Gasteiger charge is -2.32. The molecule has 0 saturated carbocycles. The van der Waals surface area contributed by atoms with Gasteiger partial charge in [0.2, 0.25) is 0 Å². The Kier molecular flexibility index (Phi) is 8.82. The van der Waals surface area contributed by atoms with Crippen LogP contribution in [-0.2, 0) is 22.6 Å². The summed E-state index contributed by atoms with van der Waals surface area (Å²) >= 11 is 0. The lowest BCUT2D eigenvalue weighted by atomic mass is 10.2. The molecule has 34 heavy (non-hydrogen) atoms. The number of nitrogens with one attached hydrogen (secondary N) is 1. The van der Waals surface area contributed by atoms with Crippen molar-refractivity contribution in [3.8, 4) is 11.8 Å². The Morgan fingerprint density at radius 3 is 2.38 bits per heavy atom. The van der Waals surface area contributed by atoms with Gasteiger partial charge in [-0.2, -0.15) is 0 Å². The highest BCUT2D eigenvalue weighted by atomic mass is 16.6. The number of nitrogens with zero attached hydrogens (tertiary/aromatic N) is 4. The number of ether oxygens (including phenoxy) is 2. The number of carbonyl (C=O) groups is 2. The van der Waals surface area contributed by atoms with E-state index >= 15 is 0 Å². The molecular formula is C25H31N5O4. The summed E-state index contributed by atoms with van der Waals surface area (Å²) in [7, 11) is 0. The first-order chi connectivity index (χ1) is 16.3. The second-order valence-electron chi connectivity index (χ2n) is 8.85. The van der Waals surface area contributed by atoms with Gasteiger partial charge in [0, 0.05) is 38.6 Å². The Hall–Kier alpha value is -3.64. The molecule has 2 aromatic rings. The van der Waals surface area contributed by atoms with Crippen LogP contribution >= 0.6 is 0 Å². The van der Waals surface area contributed by atoms with Gasteiger partial charge in [0.05, 0.1) is 18.7 Å². The number of benzene rings is 1. The zero-order chi connectivity index (χ0) is 24.4.